The zero-order chi connectivity index (χ0) is 16.6. The monoisotopic (exact) mass is 354 g/mol. The van der Waals surface area contributed by atoms with Gasteiger partial charge in [-0.1, -0.05) is 17.7 Å². The van der Waals surface area contributed by atoms with Gasteiger partial charge in [-0.25, -0.2) is 8.42 Å². The van der Waals surface area contributed by atoms with Crippen LogP contribution in [-0.2, 0) is 14.8 Å². The lowest BCUT2D eigenvalue weighted by molar-refractivity contribution is -0.123. The van der Waals surface area contributed by atoms with E-state index in [9.17, 15) is 13.2 Å². The Hall–Kier alpha value is -1.05. The maximum Gasteiger partial charge on any atom is 0.244 e. The minimum Gasteiger partial charge on any atom is -0.354 e. The van der Waals surface area contributed by atoms with Crippen molar-refractivity contribution in [3.05, 3.63) is 29.3 Å². The van der Waals surface area contributed by atoms with Crippen LogP contribution in [0.25, 0.3) is 0 Å². The number of sulfonamides is 1. The highest BCUT2D eigenvalue weighted by molar-refractivity contribution is 8.00. The summed E-state index contributed by atoms with van der Waals surface area (Å²) >= 11 is 1.48. The molecule has 5 nitrogen and oxygen atoms in total. The van der Waals surface area contributed by atoms with Gasteiger partial charge in [0.15, 0.2) is 0 Å². The second-order valence-electron chi connectivity index (χ2n) is 6.37. The third kappa shape index (κ3) is 3.56. The summed E-state index contributed by atoms with van der Waals surface area (Å²) in [6, 6.07) is 4.69. The van der Waals surface area contributed by atoms with Gasteiger partial charge in [-0.05, 0) is 44.2 Å². The van der Waals surface area contributed by atoms with Crippen molar-refractivity contribution in [2.45, 2.75) is 37.6 Å². The summed E-state index contributed by atoms with van der Waals surface area (Å²) < 4.78 is 27.3. The lowest BCUT2D eigenvalue weighted by Crippen LogP contribution is -2.47. The number of hydrogen-bond acceptors (Lipinski definition) is 4. The Morgan fingerprint density at radius 2 is 2.09 bits per heavy atom. The van der Waals surface area contributed by atoms with Crippen molar-refractivity contribution in [3.63, 3.8) is 0 Å². The van der Waals surface area contributed by atoms with Crippen molar-refractivity contribution in [1.82, 2.24) is 9.62 Å². The highest BCUT2D eigenvalue weighted by atomic mass is 32.2. The van der Waals surface area contributed by atoms with Crippen LogP contribution >= 0.6 is 11.8 Å². The molecular weight excluding hydrogens is 332 g/mol. The Morgan fingerprint density at radius 3 is 2.74 bits per heavy atom. The minimum atomic E-state index is -3.65. The predicted octanol–water partition coefficient (Wildman–Crippen LogP) is 1.89. The SMILES string of the molecule is Cc1ccc(S(=O)(=O)N2CSCC2C(=O)NCC2CC2)c(C)c1. The molecule has 0 aromatic heterocycles. The van der Waals surface area contributed by atoms with Crippen molar-refractivity contribution in [1.29, 1.82) is 0 Å². The Kier molecular flexibility index (Phi) is 4.71. The number of carbonyl (C=O) groups excluding carboxylic acids is 1. The van der Waals surface area contributed by atoms with Gasteiger partial charge in [0.25, 0.3) is 0 Å². The molecule has 1 heterocycles. The van der Waals surface area contributed by atoms with Crippen molar-refractivity contribution in [2.24, 2.45) is 5.92 Å². The normalized spacial score (nSPS) is 22.3. The first-order valence-corrected chi connectivity index (χ1v) is 10.4. The lowest BCUT2D eigenvalue weighted by Gasteiger charge is -2.23. The summed E-state index contributed by atoms with van der Waals surface area (Å²) in [4.78, 5) is 12.7. The standard InChI is InChI=1S/C16H22N2O3S2/c1-11-3-6-15(12(2)7-11)23(20,21)18-10-22-9-14(18)16(19)17-8-13-4-5-13/h3,6-7,13-14H,4-5,8-10H2,1-2H3,(H,17,19). The molecule has 0 spiro atoms. The molecule has 23 heavy (non-hydrogen) atoms. The molecule has 2 fully saturated rings. The first-order valence-electron chi connectivity index (χ1n) is 7.84. The number of thioether (sulfide) groups is 1. The number of benzene rings is 1. The number of nitrogens with zero attached hydrogens (tertiary/aromatic N) is 1. The molecule has 126 valence electrons. The zero-order valence-electron chi connectivity index (χ0n) is 13.4. The van der Waals surface area contributed by atoms with E-state index in [1.54, 1.807) is 19.1 Å². The van der Waals surface area contributed by atoms with Gasteiger partial charge in [0.1, 0.15) is 6.04 Å². The maximum absolute atomic E-state index is 13.0. The van der Waals surface area contributed by atoms with Gasteiger partial charge in [-0.2, -0.15) is 4.31 Å². The molecule has 1 atom stereocenters. The summed E-state index contributed by atoms with van der Waals surface area (Å²) in [7, 11) is -3.65. The number of amides is 1. The summed E-state index contributed by atoms with van der Waals surface area (Å²) in [5, 5.41) is 2.91. The fraction of sp³-hybridized carbons (Fsp3) is 0.562. The van der Waals surface area contributed by atoms with Gasteiger partial charge < -0.3 is 5.32 Å². The van der Waals surface area contributed by atoms with Crippen LogP contribution in [0.1, 0.15) is 24.0 Å². The van der Waals surface area contributed by atoms with Crippen LogP contribution in [0.3, 0.4) is 0 Å². The Labute approximate surface area is 141 Å². The maximum atomic E-state index is 13.0. The molecule has 2 aliphatic rings. The Bertz CT molecular complexity index is 714. The fourth-order valence-electron chi connectivity index (χ4n) is 2.77. The molecule has 3 rings (SSSR count). The number of rotatable bonds is 5. The van der Waals surface area contributed by atoms with Crippen LogP contribution in [0.15, 0.2) is 23.1 Å². The molecule has 1 N–H and O–H groups in total. The summed E-state index contributed by atoms with van der Waals surface area (Å²) in [6.45, 7) is 4.39. The molecule has 1 aromatic carbocycles. The van der Waals surface area contributed by atoms with Gasteiger partial charge >= 0.3 is 0 Å². The molecule has 1 aliphatic carbocycles. The first kappa shape index (κ1) is 16.8. The number of hydrogen-bond donors (Lipinski definition) is 1. The van der Waals surface area contributed by atoms with Crippen LogP contribution in [0.4, 0.5) is 0 Å². The molecule has 0 bridgehead atoms. The van der Waals surface area contributed by atoms with Gasteiger partial charge in [-0.3, -0.25) is 4.79 Å². The largest absolute Gasteiger partial charge is 0.354 e. The smallest absolute Gasteiger partial charge is 0.244 e. The van der Waals surface area contributed by atoms with Gasteiger partial charge in [0, 0.05) is 12.3 Å². The second-order valence-corrected chi connectivity index (χ2v) is 9.22. The average molecular weight is 354 g/mol. The van der Waals surface area contributed by atoms with E-state index >= 15 is 0 Å². The van der Waals surface area contributed by atoms with Gasteiger partial charge in [0.2, 0.25) is 15.9 Å². The van der Waals surface area contributed by atoms with E-state index in [4.69, 9.17) is 0 Å². The van der Waals surface area contributed by atoms with Crippen molar-refractivity contribution in [2.75, 3.05) is 18.2 Å². The summed E-state index contributed by atoms with van der Waals surface area (Å²) in [5.41, 5.74) is 1.75. The molecule has 1 amide bonds. The van der Waals surface area contributed by atoms with E-state index in [2.05, 4.69) is 5.32 Å². The number of aryl methyl sites for hydroxylation is 2. The highest BCUT2D eigenvalue weighted by Gasteiger charge is 2.40. The number of nitrogens with one attached hydrogen (secondary N) is 1. The second kappa shape index (κ2) is 6.45. The quantitative estimate of drug-likeness (QED) is 0.877. The first-order chi connectivity index (χ1) is 10.9. The van der Waals surface area contributed by atoms with Crippen LogP contribution in [-0.4, -0.2) is 42.8 Å². The molecule has 1 aromatic rings. The Balaban J connectivity index is 1.81. The molecule has 1 saturated carbocycles. The van der Waals surface area contributed by atoms with Crippen LogP contribution in [0, 0.1) is 19.8 Å². The van der Waals surface area contributed by atoms with Crippen molar-refractivity contribution >= 4 is 27.7 Å². The van der Waals surface area contributed by atoms with Gasteiger partial charge in [-0.15, -0.1) is 11.8 Å². The highest BCUT2D eigenvalue weighted by Crippen LogP contribution is 2.31. The third-order valence-electron chi connectivity index (χ3n) is 4.32. The van der Waals surface area contributed by atoms with Crippen molar-refractivity contribution in [3.8, 4) is 0 Å². The van der Waals surface area contributed by atoms with E-state index in [1.165, 1.54) is 16.1 Å². The topological polar surface area (TPSA) is 66.5 Å². The van der Waals surface area contributed by atoms with Crippen molar-refractivity contribution < 1.29 is 13.2 Å². The zero-order valence-corrected chi connectivity index (χ0v) is 15.0. The summed E-state index contributed by atoms with van der Waals surface area (Å²) in [6.07, 6.45) is 2.31. The average Bonchev–Trinajstić information content (AvgIpc) is 3.17. The van der Waals surface area contributed by atoms with E-state index in [1.807, 2.05) is 13.0 Å². The predicted molar refractivity (Wildman–Crippen MR) is 91.8 cm³/mol. The van der Waals surface area contributed by atoms with Crippen LogP contribution in [0.2, 0.25) is 0 Å². The molecule has 0 radical (unpaired) electrons. The molecule has 1 unspecified atom stereocenters. The molecule has 1 aliphatic heterocycles. The van der Waals surface area contributed by atoms with E-state index in [0.29, 0.717) is 29.0 Å². The van der Waals surface area contributed by atoms with Crippen LogP contribution in [0.5, 0.6) is 0 Å². The lowest BCUT2D eigenvalue weighted by atomic mass is 10.2. The van der Waals surface area contributed by atoms with Gasteiger partial charge in [0.05, 0.1) is 10.8 Å². The number of carbonyl (C=O) groups is 1. The van der Waals surface area contributed by atoms with E-state index < -0.39 is 16.1 Å². The third-order valence-corrected chi connectivity index (χ3v) is 7.51. The van der Waals surface area contributed by atoms with Crippen LogP contribution < -0.4 is 5.32 Å². The molecule has 1 saturated heterocycles. The van der Waals surface area contributed by atoms with E-state index in [0.717, 1.165) is 24.0 Å². The molecular formula is C16H22N2O3S2. The van der Waals surface area contributed by atoms with E-state index in [-0.39, 0.29) is 5.91 Å². The minimum absolute atomic E-state index is 0.171. The summed E-state index contributed by atoms with van der Waals surface area (Å²) in [5.74, 6) is 1.25. The molecule has 7 heteroatoms. The fourth-order valence-corrected chi connectivity index (χ4v) is 6.13. The Morgan fingerprint density at radius 1 is 1.35 bits per heavy atom.